The Hall–Kier alpha value is -0.120. The third kappa shape index (κ3) is 3.71. The molecule has 0 radical (unpaired) electrons. The van der Waals surface area contributed by atoms with E-state index in [1.54, 1.807) is 0 Å². The lowest BCUT2D eigenvalue weighted by atomic mass is 9.98. The molecule has 1 aliphatic carbocycles. The number of piperidine rings is 1. The van der Waals surface area contributed by atoms with E-state index in [-0.39, 0.29) is 0 Å². The Morgan fingerprint density at radius 1 is 1.21 bits per heavy atom. The smallest absolute Gasteiger partial charge is 0.0235 e. The van der Waals surface area contributed by atoms with E-state index in [0.29, 0.717) is 0 Å². The maximum absolute atomic E-state index is 3.57. The van der Waals surface area contributed by atoms with Crippen LogP contribution in [0.3, 0.4) is 0 Å². The average Bonchev–Trinajstić information content (AvgIpc) is 3.17. The normalized spacial score (nSPS) is 33.2. The van der Waals surface area contributed by atoms with E-state index in [1.165, 1.54) is 77.8 Å². The van der Waals surface area contributed by atoms with Crippen molar-refractivity contribution < 1.29 is 0 Å². The third-order valence-corrected chi connectivity index (χ3v) is 5.18. The molecule has 0 spiro atoms. The molecule has 3 aliphatic rings. The first-order chi connectivity index (χ1) is 9.36. The summed E-state index contributed by atoms with van der Waals surface area (Å²) in [6.45, 7) is 10.2. The predicted octanol–water partition coefficient (Wildman–Crippen LogP) is 1.93. The second-order valence-electron chi connectivity index (χ2n) is 6.88. The summed E-state index contributed by atoms with van der Waals surface area (Å²) in [6, 6.07) is 1.81. The van der Waals surface area contributed by atoms with Crippen molar-refractivity contribution in [2.24, 2.45) is 5.92 Å². The molecular weight excluding hydrogens is 234 g/mol. The van der Waals surface area contributed by atoms with Gasteiger partial charge < -0.3 is 5.32 Å². The van der Waals surface area contributed by atoms with E-state index in [2.05, 4.69) is 22.0 Å². The van der Waals surface area contributed by atoms with Crippen molar-refractivity contribution in [2.75, 3.05) is 39.3 Å². The molecular formula is C16H31N3. The molecule has 2 atom stereocenters. The van der Waals surface area contributed by atoms with E-state index >= 15 is 0 Å². The van der Waals surface area contributed by atoms with Crippen molar-refractivity contribution in [3.05, 3.63) is 0 Å². The second kappa shape index (κ2) is 6.55. The minimum Gasteiger partial charge on any atom is -0.316 e. The van der Waals surface area contributed by atoms with Crippen molar-refractivity contribution in [3.63, 3.8) is 0 Å². The first kappa shape index (κ1) is 13.8. The second-order valence-corrected chi connectivity index (χ2v) is 6.88. The molecule has 0 aromatic carbocycles. The van der Waals surface area contributed by atoms with E-state index in [9.17, 15) is 0 Å². The lowest BCUT2D eigenvalue weighted by molar-refractivity contribution is 0.152. The zero-order valence-electron chi connectivity index (χ0n) is 12.6. The topological polar surface area (TPSA) is 18.5 Å². The van der Waals surface area contributed by atoms with Gasteiger partial charge in [0.25, 0.3) is 0 Å². The van der Waals surface area contributed by atoms with Crippen LogP contribution in [0.25, 0.3) is 0 Å². The Morgan fingerprint density at radius 3 is 2.79 bits per heavy atom. The molecule has 3 heteroatoms. The lowest BCUT2D eigenvalue weighted by Gasteiger charge is -2.34. The van der Waals surface area contributed by atoms with Gasteiger partial charge in [-0.25, -0.2) is 0 Å². The van der Waals surface area contributed by atoms with Gasteiger partial charge in [-0.2, -0.15) is 0 Å². The minimum absolute atomic E-state index is 0.850. The quantitative estimate of drug-likeness (QED) is 0.792. The van der Waals surface area contributed by atoms with Gasteiger partial charge in [-0.05, 0) is 64.1 Å². The Balaban J connectivity index is 1.50. The number of rotatable bonds is 6. The van der Waals surface area contributed by atoms with Gasteiger partial charge in [-0.3, -0.25) is 9.80 Å². The van der Waals surface area contributed by atoms with Crippen molar-refractivity contribution >= 4 is 0 Å². The predicted molar refractivity (Wildman–Crippen MR) is 80.5 cm³/mol. The molecule has 0 aromatic rings. The van der Waals surface area contributed by atoms with Crippen LogP contribution in [0.1, 0.15) is 45.4 Å². The highest BCUT2D eigenvalue weighted by Crippen LogP contribution is 2.31. The lowest BCUT2D eigenvalue weighted by Crippen LogP contribution is -2.44. The first-order valence-corrected chi connectivity index (χ1v) is 8.55. The SMILES string of the molecule is CCCN(CC1CCCNC1)C1CCN(C2CC2)C1. The fourth-order valence-corrected chi connectivity index (χ4v) is 3.96. The van der Waals surface area contributed by atoms with Crippen molar-refractivity contribution in [3.8, 4) is 0 Å². The summed E-state index contributed by atoms with van der Waals surface area (Å²) in [7, 11) is 0. The number of hydrogen-bond donors (Lipinski definition) is 1. The molecule has 0 aromatic heterocycles. The Labute approximate surface area is 118 Å². The van der Waals surface area contributed by atoms with Gasteiger partial charge in [-0.1, -0.05) is 6.92 Å². The van der Waals surface area contributed by atoms with Crippen LogP contribution in [0.2, 0.25) is 0 Å². The van der Waals surface area contributed by atoms with Crippen molar-refractivity contribution in [1.82, 2.24) is 15.1 Å². The molecule has 0 bridgehead atoms. The molecule has 3 fully saturated rings. The van der Waals surface area contributed by atoms with Crippen LogP contribution >= 0.6 is 0 Å². The average molecular weight is 265 g/mol. The molecule has 19 heavy (non-hydrogen) atoms. The van der Waals surface area contributed by atoms with Gasteiger partial charge in [0.05, 0.1) is 0 Å². The van der Waals surface area contributed by atoms with E-state index in [4.69, 9.17) is 0 Å². The van der Waals surface area contributed by atoms with E-state index in [0.717, 1.165) is 18.0 Å². The molecule has 110 valence electrons. The molecule has 2 saturated heterocycles. The number of hydrogen-bond acceptors (Lipinski definition) is 3. The standard InChI is InChI=1S/C16H31N3/c1-2-9-18(12-14-4-3-8-17-11-14)16-7-10-19(13-16)15-5-6-15/h14-17H,2-13H2,1H3. The summed E-state index contributed by atoms with van der Waals surface area (Å²) in [6.07, 6.45) is 8.46. The van der Waals surface area contributed by atoms with Crippen LogP contribution in [0.5, 0.6) is 0 Å². The largest absolute Gasteiger partial charge is 0.316 e. The van der Waals surface area contributed by atoms with Crippen LogP contribution in [0.4, 0.5) is 0 Å². The zero-order chi connectivity index (χ0) is 13.1. The molecule has 1 N–H and O–H groups in total. The van der Waals surface area contributed by atoms with Crippen LogP contribution in [-0.2, 0) is 0 Å². The van der Waals surface area contributed by atoms with Crippen LogP contribution in [0.15, 0.2) is 0 Å². The van der Waals surface area contributed by atoms with Gasteiger partial charge in [0.15, 0.2) is 0 Å². The van der Waals surface area contributed by atoms with Crippen LogP contribution in [-0.4, -0.2) is 61.2 Å². The molecule has 3 rings (SSSR count). The summed E-state index contributed by atoms with van der Waals surface area (Å²) in [4.78, 5) is 5.58. The highest BCUT2D eigenvalue weighted by Gasteiger charge is 2.36. The highest BCUT2D eigenvalue weighted by atomic mass is 15.3. The summed E-state index contributed by atoms with van der Waals surface area (Å²) in [5, 5.41) is 3.57. The molecule has 3 nitrogen and oxygen atoms in total. The van der Waals surface area contributed by atoms with Gasteiger partial charge in [0.2, 0.25) is 0 Å². The highest BCUT2D eigenvalue weighted by molar-refractivity contribution is 4.93. The zero-order valence-corrected chi connectivity index (χ0v) is 12.6. The van der Waals surface area contributed by atoms with Crippen LogP contribution in [0, 0.1) is 5.92 Å². The number of nitrogens with zero attached hydrogens (tertiary/aromatic N) is 2. The number of likely N-dealkylation sites (tertiary alicyclic amines) is 1. The third-order valence-electron chi connectivity index (χ3n) is 5.18. The molecule has 2 heterocycles. The number of nitrogens with one attached hydrogen (secondary N) is 1. The molecule has 1 saturated carbocycles. The van der Waals surface area contributed by atoms with Gasteiger partial charge in [0, 0.05) is 31.7 Å². The monoisotopic (exact) mass is 265 g/mol. The van der Waals surface area contributed by atoms with E-state index in [1.807, 2.05) is 0 Å². The summed E-state index contributed by atoms with van der Waals surface area (Å²) in [5.74, 6) is 0.898. The minimum atomic E-state index is 0.850. The maximum atomic E-state index is 3.57. The fraction of sp³-hybridized carbons (Fsp3) is 1.00. The molecule has 0 amide bonds. The summed E-state index contributed by atoms with van der Waals surface area (Å²) >= 11 is 0. The maximum Gasteiger partial charge on any atom is 0.0235 e. The van der Waals surface area contributed by atoms with Crippen molar-refractivity contribution in [2.45, 2.75) is 57.5 Å². The first-order valence-electron chi connectivity index (χ1n) is 8.55. The van der Waals surface area contributed by atoms with Gasteiger partial charge in [0.1, 0.15) is 0 Å². The summed E-state index contributed by atoms with van der Waals surface area (Å²) < 4.78 is 0. The fourth-order valence-electron chi connectivity index (χ4n) is 3.96. The van der Waals surface area contributed by atoms with Gasteiger partial charge >= 0.3 is 0 Å². The Morgan fingerprint density at radius 2 is 2.11 bits per heavy atom. The molecule has 2 aliphatic heterocycles. The van der Waals surface area contributed by atoms with Gasteiger partial charge in [-0.15, -0.1) is 0 Å². The Bertz CT molecular complexity index is 271. The Kier molecular flexibility index (Phi) is 4.78. The molecule has 2 unspecified atom stereocenters. The van der Waals surface area contributed by atoms with E-state index < -0.39 is 0 Å². The van der Waals surface area contributed by atoms with Crippen molar-refractivity contribution in [1.29, 1.82) is 0 Å². The van der Waals surface area contributed by atoms with Crippen LogP contribution < -0.4 is 5.32 Å². The summed E-state index contributed by atoms with van der Waals surface area (Å²) in [5.41, 5.74) is 0.